The molecule has 0 saturated carbocycles. The molecule has 1 N–H and O–H groups in total. The third-order valence-electron chi connectivity index (χ3n) is 4.01. The minimum atomic E-state index is -0.590. The van der Waals surface area contributed by atoms with Gasteiger partial charge in [-0.2, -0.15) is 0 Å². The van der Waals surface area contributed by atoms with Crippen molar-refractivity contribution in [2.75, 3.05) is 26.2 Å². The monoisotopic (exact) mass is 363 g/mol. The van der Waals surface area contributed by atoms with Crippen LogP contribution in [-0.2, 0) is 20.8 Å². The first-order valence-corrected chi connectivity index (χ1v) is 9.10. The summed E-state index contributed by atoms with van der Waals surface area (Å²) in [5.74, 6) is -1.13. The van der Waals surface area contributed by atoms with Crippen LogP contribution in [0.1, 0.15) is 19.5 Å². The maximum atomic E-state index is 12.4. The Hall–Kier alpha value is -2.42. The van der Waals surface area contributed by atoms with Gasteiger partial charge in [-0.3, -0.25) is 18.8 Å². The van der Waals surface area contributed by atoms with E-state index in [0.717, 1.165) is 10.7 Å². The molecule has 0 aliphatic carbocycles. The summed E-state index contributed by atoms with van der Waals surface area (Å²) in [5, 5.41) is 4.54. The van der Waals surface area contributed by atoms with E-state index in [2.05, 4.69) is 10.3 Å². The van der Waals surface area contributed by atoms with Gasteiger partial charge in [-0.05, 0) is 13.8 Å². The fraction of sp³-hybridized carbons (Fsp3) is 0.500. The van der Waals surface area contributed by atoms with Crippen LogP contribution in [0.2, 0.25) is 0 Å². The lowest BCUT2D eigenvalue weighted by Gasteiger charge is -2.34. The maximum Gasteiger partial charge on any atom is 0.312 e. The molecule has 0 bridgehead atoms. The van der Waals surface area contributed by atoms with Crippen LogP contribution in [0.3, 0.4) is 0 Å². The Labute approximate surface area is 149 Å². The molecule has 0 radical (unpaired) electrons. The van der Waals surface area contributed by atoms with Crippen molar-refractivity contribution in [1.29, 1.82) is 0 Å². The van der Waals surface area contributed by atoms with Gasteiger partial charge in [-0.1, -0.05) is 0 Å². The number of thiazole rings is 1. The Morgan fingerprint density at radius 3 is 2.52 bits per heavy atom. The molecule has 9 heteroatoms. The zero-order valence-electron chi connectivity index (χ0n) is 14.3. The molecule has 134 valence electrons. The highest BCUT2D eigenvalue weighted by Gasteiger charge is 2.28. The number of fused-ring (bicyclic) bond motifs is 1. The first-order chi connectivity index (χ1) is 11.9. The number of amides is 3. The van der Waals surface area contributed by atoms with E-state index in [-0.39, 0.29) is 18.4 Å². The highest BCUT2D eigenvalue weighted by atomic mass is 32.1. The Morgan fingerprint density at radius 1 is 1.20 bits per heavy atom. The van der Waals surface area contributed by atoms with Gasteiger partial charge >= 0.3 is 11.8 Å². The van der Waals surface area contributed by atoms with Crippen LogP contribution in [0.5, 0.6) is 0 Å². The highest BCUT2D eigenvalue weighted by molar-refractivity contribution is 7.15. The summed E-state index contributed by atoms with van der Waals surface area (Å²) in [6.07, 6.45) is 4.02. The Morgan fingerprint density at radius 2 is 1.88 bits per heavy atom. The second-order valence-corrected chi connectivity index (χ2v) is 7.18. The van der Waals surface area contributed by atoms with Gasteiger partial charge in [0.05, 0.1) is 12.1 Å². The molecule has 3 heterocycles. The molecule has 0 aromatic carbocycles. The number of aromatic nitrogens is 2. The molecule has 1 aliphatic heterocycles. The molecular weight excluding hydrogens is 342 g/mol. The Bertz CT molecular complexity index is 760. The average Bonchev–Trinajstić information content (AvgIpc) is 3.15. The van der Waals surface area contributed by atoms with Gasteiger partial charge in [0, 0.05) is 50.0 Å². The Kier molecular flexibility index (Phi) is 5.03. The summed E-state index contributed by atoms with van der Waals surface area (Å²) < 4.78 is 1.90. The minimum absolute atomic E-state index is 0.00974. The third kappa shape index (κ3) is 3.98. The molecule has 2 aromatic rings. The van der Waals surface area contributed by atoms with Gasteiger partial charge in [0.2, 0.25) is 5.91 Å². The first kappa shape index (κ1) is 17.4. The summed E-state index contributed by atoms with van der Waals surface area (Å²) in [4.78, 5) is 44.8. The van der Waals surface area contributed by atoms with E-state index in [9.17, 15) is 14.4 Å². The van der Waals surface area contributed by atoms with Crippen molar-refractivity contribution in [3.05, 3.63) is 23.5 Å². The summed E-state index contributed by atoms with van der Waals surface area (Å²) >= 11 is 1.53. The molecule has 0 unspecified atom stereocenters. The number of imidazole rings is 1. The number of piperazine rings is 1. The molecule has 1 saturated heterocycles. The van der Waals surface area contributed by atoms with Crippen LogP contribution in [-0.4, -0.2) is 69.1 Å². The van der Waals surface area contributed by atoms with E-state index in [1.165, 1.54) is 16.2 Å². The van der Waals surface area contributed by atoms with Crippen molar-refractivity contribution in [3.8, 4) is 0 Å². The van der Waals surface area contributed by atoms with Gasteiger partial charge in [-0.15, -0.1) is 11.3 Å². The number of hydrogen-bond donors (Lipinski definition) is 1. The van der Waals surface area contributed by atoms with Crippen LogP contribution in [0.25, 0.3) is 4.96 Å². The highest BCUT2D eigenvalue weighted by Crippen LogP contribution is 2.13. The SMILES string of the molecule is CC(C)NC(=O)C(=O)N1CCN(C(=O)Cc2cn3ccsc3n2)CC1. The molecule has 1 aliphatic rings. The number of hydrogen-bond acceptors (Lipinski definition) is 5. The van der Waals surface area contributed by atoms with Gasteiger partial charge < -0.3 is 15.1 Å². The van der Waals surface area contributed by atoms with E-state index < -0.39 is 11.8 Å². The van der Waals surface area contributed by atoms with Crippen LogP contribution in [0.4, 0.5) is 0 Å². The van der Waals surface area contributed by atoms with Crippen LogP contribution < -0.4 is 5.32 Å². The molecule has 1 fully saturated rings. The Balaban J connectivity index is 1.51. The van der Waals surface area contributed by atoms with Gasteiger partial charge in [0.1, 0.15) is 0 Å². The summed E-state index contributed by atoms with van der Waals surface area (Å²) in [5.41, 5.74) is 0.742. The first-order valence-electron chi connectivity index (χ1n) is 8.22. The van der Waals surface area contributed by atoms with Crippen molar-refractivity contribution < 1.29 is 14.4 Å². The van der Waals surface area contributed by atoms with Gasteiger partial charge in [-0.25, -0.2) is 4.98 Å². The quantitative estimate of drug-likeness (QED) is 0.786. The largest absolute Gasteiger partial charge is 0.346 e. The predicted octanol–water partition coefficient (Wildman–Crippen LogP) is 0.134. The second kappa shape index (κ2) is 7.22. The van der Waals surface area contributed by atoms with E-state index in [0.29, 0.717) is 26.2 Å². The smallest absolute Gasteiger partial charge is 0.312 e. The topological polar surface area (TPSA) is 87.0 Å². The average molecular weight is 363 g/mol. The zero-order chi connectivity index (χ0) is 18.0. The lowest BCUT2D eigenvalue weighted by atomic mass is 10.2. The molecule has 3 amide bonds. The zero-order valence-corrected chi connectivity index (χ0v) is 15.1. The van der Waals surface area contributed by atoms with E-state index in [4.69, 9.17) is 0 Å². The summed E-state index contributed by atoms with van der Waals surface area (Å²) in [7, 11) is 0. The maximum absolute atomic E-state index is 12.4. The fourth-order valence-corrected chi connectivity index (χ4v) is 3.47. The van der Waals surface area contributed by atoms with Crippen molar-refractivity contribution in [3.63, 3.8) is 0 Å². The normalized spacial score (nSPS) is 15.0. The standard InChI is InChI=1S/C16H21N5O3S/c1-11(2)17-14(23)15(24)20-5-3-19(4-6-20)13(22)9-12-10-21-7-8-25-16(21)18-12/h7-8,10-11H,3-6,9H2,1-2H3,(H,17,23). The fourth-order valence-electron chi connectivity index (χ4n) is 2.75. The summed E-state index contributed by atoms with van der Waals surface area (Å²) in [6, 6.07) is -0.0798. The molecule has 2 aromatic heterocycles. The number of rotatable bonds is 3. The van der Waals surface area contributed by atoms with Crippen molar-refractivity contribution in [2.24, 2.45) is 0 Å². The van der Waals surface area contributed by atoms with E-state index >= 15 is 0 Å². The van der Waals surface area contributed by atoms with E-state index in [1.807, 2.05) is 36.0 Å². The minimum Gasteiger partial charge on any atom is -0.346 e. The second-order valence-electron chi connectivity index (χ2n) is 6.30. The van der Waals surface area contributed by atoms with Crippen LogP contribution in [0.15, 0.2) is 17.8 Å². The van der Waals surface area contributed by atoms with Crippen LogP contribution >= 0.6 is 11.3 Å². The number of nitrogens with zero attached hydrogens (tertiary/aromatic N) is 4. The molecule has 25 heavy (non-hydrogen) atoms. The molecule has 8 nitrogen and oxygen atoms in total. The van der Waals surface area contributed by atoms with Crippen molar-refractivity contribution >= 4 is 34.0 Å². The van der Waals surface area contributed by atoms with E-state index in [1.54, 1.807) is 4.90 Å². The molecular formula is C16H21N5O3S. The molecule has 0 atom stereocenters. The van der Waals surface area contributed by atoms with Gasteiger partial charge in [0.25, 0.3) is 0 Å². The predicted molar refractivity (Wildman–Crippen MR) is 93.2 cm³/mol. The lowest BCUT2D eigenvalue weighted by molar-refractivity contribution is -0.148. The molecule has 0 spiro atoms. The van der Waals surface area contributed by atoms with Crippen LogP contribution in [0, 0.1) is 0 Å². The summed E-state index contributed by atoms with van der Waals surface area (Å²) in [6.45, 7) is 5.22. The number of carbonyl (C=O) groups is 3. The molecule has 3 rings (SSSR count). The van der Waals surface area contributed by atoms with Crippen molar-refractivity contribution in [1.82, 2.24) is 24.5 Å². The van der Waals surface area contributed by atoms with Crippen molar-refractivity contribution in [2.45, 2.75) is 26.3 Å². The number of carbonyl (C=O) groups excluding carboxylic acids is 3. The number of nitrogens with one attached hydrogen (secondary N) is 1. The third-order valence-corrected chi connectivity index (χ3v) is 4.78. The van der Waals surface area contributed by atoms with Gasteiger partial charge in [0.15, 0.2) is 4.96 Å². The lowest BCUT2D eigenvalue weighted by Crippen LogP contribution is -2.54.